The number of oxazole rings is 1. The molecule has 2 aliphatic heterocycles. The molecule has 0 radical (unpaired) electrons. The summed E-state index contributed by atoms with van der Waals surface area (Å²) in [6.07, 6.45) is -0.301. The number of imidazole rings is 1. The first-order chi connectivity index (χ1) is 28.9. The van der Waals surface area contributed by atoms with Gasteiger partial charge in [0.05, 0.1) is 46.9 Å². The molecule has 5 aromatic rings. The third-order valence-corrected chi connectivity index (χ3v) is 12.4. The zero-order chi connectivity index (χ0) is 43.5. The molecule has 3 N–H and O–H groups in total. The summed E-state index contributed by atoms with van der Waals surface area (Å²) in [4.78, 5) is 66.7. The SMILES string of the molecule is CN(CC1CCC(c2nc3cc(C(C)(C)O)c(NC(=O)c4cncc(C(F)(F)F)n4)cc3o2)CC1)[C@H]1CCN(c2cccc3c2n(C)c(=O)n3C2CCC(=O)NC2=O)C[C@@H]1F. The number of benzene rings is 2. The highest BCUT2D eigenvalue weighted by Crippen LogP contribution is 2.40. The van der Waals surface area contributed by atoms with Crippen molar-refractivity contribution in [3.05, 3.63) is 76.1 Å². The van der Waals surface area contributed by atoms with Crippen LogP contribution in [-0.2, 0) is 28.4 Å². The fraction of sp³-hybridized carbons (Fsp3) is 0.500. The van der Waals surface area contributed by atoms with Crippen LogP contribution in [-0.4, -0.2) is 90.7 Å². The van der Waals surface area contributed by atoms with Gasteiger partial charge in [-0.15, -0.1) is 0 Å². The number of rotatable bonds is 9. The van der Waals surface area contributed by atoms with Crippen molar-refractivity contribution in [1.29, 1.82) is 0 Å². The van der Waals surface area contributed by atoms with Gasteiger partial charge >= 0.3 is 11.9 Å². The number of aromatic nitrogens is 5. The van der Waals surface area contributed by atoms with Crippen LogP contribution in [0.15, 0.2) is 51.9 Å². The van der Waals surface area contributed by atoms with E-state index in [4.69, 9.17) is 9.40 Å². The normalized spacial score (nSPS) is 22.9. The van der Waals surface area contributed by atoms with E-state index < -0.39 is 47.2 Å². The van der Waals surface area contributed by atoms with E-state index in [9.17, 15) is 37.5 Å². The summed E-state index contributed by atoms with van der Waals surface area (Å²) in [6, 6.07) is 7.41. The maximum absolute atomic E-state index is 16.1. The first-order valence-corrected chi connectivity index (χ1v) is 20.4. The Morgan fingerprint density at radius 3 is 2.49 bits per heavy atom. The van der Waals surface area contributed by atoms with Crippen molar-refractivity contribution < 1.29 is 41.5 Å². The predicted molar refractivity (Wildman–Crippen MR) is 216 cm³/mol. The number of para-hydroxylation sites is 1. The van der Waals surface area contributed by atoms with E-state index in [1.165, 1.54) is 29.0 Å². The number of nitrogens with zero attached hydrogens (tertiary/aromatic N) is 7. The second-order valence-corrected chi connectivity index (χ2v) is 17.0. The fourth-order valence-electron chi connectivity index (χ4n) is 9.22. The second-order valence-electron chi connectivity index (χ2n) is 17.0. The minimum absolute atomic E-state index is 0.00125. The lowest BCUT2D eigenvalue weighted by molar-refractivity contribution is -0.141. The summed E-state index contributed by atoms with van der Waals surface area (Å²) < 4.78 is 64.9. The Labute approximate surface area is 347 Å². The number of anilines is 2. The minimum atomic E-state index is -4.79. The van der Waals surface area contributed by atoms with Crippen LogP contribution in [0.3, 0.4) is 0 Å². The highest BCUT2D eigenvalue weighted by atomic mass is 19.4. The summed E-state index contributed by atoms with van der Waals surface area (Å²) in [5.41, 5.74) is -0.614. The number of alkyl halides is 4. The average Bonchev–Trinajstić information content (AvgIpc) is 3.74. The molecule has 5 heterocycles. The van der Waals surface area contributed by atoms with Crippen LogP contribution in [0.1, 0.15) is 98.4 Å². The molecule has 1 unspecified atom stereocenters. The van der Waals surface area contributed by atoms with Gasteiger partial charge in [-0.25, -0.2) is 19.2 Å². The van der Waals surface area contributed by atoms with Gasteiger partial charge in [-0.1, -0.05) is 6.07 Å². The van der Waals surface area contributed by atoms with E-state index in [1.807, 2.05) is 18.0 Å². The number of carbonyl (C=O) groups excluding carboxylic acids is 3. The Morgan fingerprint density at radius 2 is 1.80 bits per heavy atom. The molecular weight excluding hydrogens is 803 g/mol. The van der Waals surface area contributed by atoms with Gasteiger partial charge in [-0.05, 0) is 83.5 Å². The number of piperidine rings is 2. The van der Waals surface area contributed by atoms with Crippen molar-refractivity contribution in [1.82, 2.24) is 34.3 Å². The molecule has 2 saturated heterocycles. The molecule has 8 rings (SSSR count). The molecule has 0 bridgehead atoms. The van der Waals surface area contributed by atoms with Crippen LogP contribution < -0.4 is 21.2 Å². The lowest BCUT2D eigenvalue weighted by Crippen LogP contribution is -2.52. The van der Waals surface area contributed by atoms with E-state index in [-0.39, 0.29) is 54.2 Å². The number of amides is 3. The van der Waals surface area contributed by atoms with Crippen LogP contribution in [0.2, 0.25) is 0 Å². The average molecular weight is 850 g/mol. The van der Waals surface area contributed by atoms with E-state index in [0.717, 1.165) is 31.9 Å². The molecular formula is C42H47F4N9O6. The molecule has 2 aromatic carbocycles. The van der Waals surface area contributed by atoms with Gasteiger partial charge in [0.15, 0.2) is 17.2 Å². The third kappa shape index (κ3) is 8.24. The Hall–Kier alpha value is -5.69. The maximum atomic E-state index is 16.1. The van der Waals surface area contributed by atoms with Gasteiger partial charge in [0, 0.05) is 50.1 Å². The first kappa shape index (κ1) is 42.0. The van der Waals surface area contributed by atoms with Crippen molar-refractivity contribution in [2.24, 2.45) is 13.0 Å². The zero-order valence-corrected chi connectivity index (χ0v) is 34.1. The number of halogens is 4. The summed E-state index contributed by atoms with van der Waals surface area (Å²) in [6.45, 7) is 4.43. The quantitative estimate of drug-likeness (QED) is 0.125. The van der Waals surface area contributed by atoms with E-state index >= 15 is 4.39 Å². The molecule has 3 atom stereocenters. The number of hydrogen-bond donors (Lipinski definition) is 3. The highest BCUT2D eigenvalue weighted by molar-refractivity contribution is 6.04. The number of fused-ring (bicyclic) bond motifs is 2. The molecule has 15 nitrogen and oxygen atoms in total. The van der Waals surface area contributed by atoms with Crippen molar-refractivity contribution in [2.75, 3.05) is 36.9 Å². The van der Waals surface area contributed by atoms with Crippen LogP contribution in [0.25, 0.3) is 22.1 Å². The first-order valence-electron chi connectivity index (χ1n) is 20.4. The number of imide groups is 1. The molecule has 3 fully saturated rings. The number of aryl methyl sites for hydroxylation is 1. The Balaban J connectivity index is 0.900. The molecule has 324 valence electrons. The Bertz CT molecular complexity index is 2570. The minimum Gasteiger partial charge on any atom is -0.440 e. The standard InChI is InChI=1S/C42H47F4N9O6/c1-41(2,60)24-16-27-33(17-26(24)49-37(57)28-18-47-19-34(48-28)42(44,45)46)61-39(50-27)23-10-8-22(9-11-23)20-52(3)29-14-15-54(21-25(29)43)30-6-5-7-31-36(30)53(4)40(59)55(31)32-12-13-35(56)51-38(32)58/h5-7,16-19,22-23,25,29,32,60H,8-15,20-21H2,1-4H3,(H,49,57)(H,51,56,58)/t22?,23?,25-,29-,32?/m0/s1. The smallest absolute Gasteiger partial charge is 0.434 e. The molecule has 0 spiro atoms. The second kappa shape index (κ2) is 16.0. The highest BCUT2D eigenvalue weighted by Gasteiger charge is 2.38. The molecule has 1 saturated carbocycles. The van der Waals surface area contributed by atoms with Crippen LogP contribution >= 0.6 is 0 Å². The molecule has 3 aromatic heterocycles. The largest absolute Gasteiger partial charge is 0.440 e. The van der Waals surface area contributed by atoms with Gasteiger partial charge in [0.1, 0.15) is 23.4 Å². The zero-order valence-electron chi connectivity index (χ0n) is 34.1. The lowest BCUT2D eigenvalue weighted by Gasteiger charge is -2.42. The maximum Gasteiger partial charge on any atom is 0.434 e. The summed E-state index contributed by atoms with van der Waals surface area (Å²) in [5.74, 6) is -1.00. The monoisotopic (exact) mass is 849 g/mol. The van der Waals surface area contributed by atoms with Crippen molar-refractivity contribution in [2.45, 2.75) is 94.7 Å². The number of hydrogen-bond acceptors (Lipinski definition) is 11. The number of carbonyl (C=O) groups is 3. The van der Waals surface area contributed by atoms with E-state index in [0.29, 0.717) is 65.3 Å². The van der Waals surface area contributed by atoms with Crippen LogP contribution in [0, 0.1) is 5.92 Å². The lowest BCUT2D eigenvalue weighted by atomic mass is 9.81. The van der Waals surface area contributed by atoms with Crippen molar-refractivity contribution in [3.8, 4) is 0 Å². The van der Waals surface area contributed by atoms with Gasteiger partial charge in [0.25, 0.3) is 5.91 Å². The summed E-state index contributed by atoms with van der Waals surface area (Å²) in [5, 5.41) is 15.9. The predicted octanol–water partition coefficient (Wildman–Crippen LogP) is 5.57. The van der Waals surface area contributed by atoms with Crippen molar-refractivity contribution in [3.63, 3.8) is 0 Å². The molecule has 3 aliphatic rings. The van der Waals surface area contributed by atoms with Gasteiger partial charge in [-0.2, -0.15) is 13.2 Å². The van der Waals surface area contributed by atoms with Crippen LogP contribution in [0.4, 0.5) is 28.9 Å². The van der Waals surface area contributed by atoms with Gasteiger partial charge in [-0.3, -0.25) is 33.8 Å². The third-order valence-electron chi connectivity index (χ3n) is 12.4. The Kier molecular flexibility index (Phi) is 11.0. The molecule has 3 amide bonds. The summed E-state index contributed by atoms with van der Waals surface area (Å²) >= 11 is 0. The fourth-order valence-corrected chi connectivity index (χ4v) is 9.22. The summed E-state index contributed by atoms with van der Waals surface area (Å²) in [7, 11) is 3.60. The van der Waals surface area contributed by atoms with Crippen LogP contribution in [0.5, 0.6) is 0 Å². The number of nitrogens with one attached hydrogen (secondary N) is 2. The molecule has 19 heteroatoms. The van der Waals surface area contributed by atoms with Gasteiger partial charge < -0.3 is 24.6 Å². The van der Waals surface area contributed by atoms with Gasteiger partial charge in [0.2, 0.25) is 11.8 Å². The number of aliphatic hydroxyl groups is 1. The van der Waals surface area contributed by atoms with E-state index in [2.05, 4.69) is 25.5 Å². The van der Waals surface area contributed by atoms with Crippen molar-refractivity contribution >= 4 is 51.2 Å². The molecule has 1 aliphatic carbocycles. The van der Waals surface area contributed by atoms with E-state index in [1.54, 1.807) is 25.2 Å². The Morgan fingerprint density at radius 1 is 1.05 bits per heavy atom. The molecule has 61 heavy (non-hydrogen) atoms. The topological polar surface area (TPSA) is 181 Å².